The third kappa shape index (κ3) is 7.46. The van der Waals surface area contributed by atoms with Gasteiger partial charge < -0.3 is 24.4 Å². The number of ether oxygens (including phenoxy) is 3. The smallest absolute Gasteiger partial charge is 0.493 e. The number of methoxy groups -OCH3 is 1. The van der Waals surface area contributed by atoms with Crippen LogP contribution in [0.2, 0.25) is 0 Å². The molecule has 1 aromatic heterocycles. The predicted octanol–water partition coefficient (Wildman–Crippen LogP) is 5.35. The van der Waals surface area contributed by atoms with Crippen molar-refractivity contribution in [3.63, 3.8) is 0 Å². The zero-order valence-electron chi connectivity index (χ0n) is 19.2. The highest BCUT2D eigenvalue weighted by atomic mass is 35.5. The topological polar surface area (TPSA) is 81.6 Å². The van der Waals surface area contributed by atoms with E-state index in [1.165, 1.54) is 43.5 Å². The molecule has 0 saturated carbocycles. The number of aromatic nitrogens is 3. The number of piperidine rings is 1. The van der Waals surface area contributed by atoms with Crippen molar-refractivity contribution in [2.24, 2.45) is 0 Å². The van der Waals surface area contributed by atoms with Gasteiger partial charge in [-0.05, 0) is 67.9 Å². The lowest BCUT2D eigenvalue weighted by atomic mass is 10.1. The van der Waals surface area contributed by atoms with Crippen LogP contribution in [0.25, 0.3) is 10.9 Å². The highest BCUT2D eigenvalue weighted by Gasteiger charge is 2.31. The first-order valence-electron chi connectivity index (χ1n) is 11.1. The van der Waals surface area contributed by atoms with E-state index < -0.39 is 6.36 Å². The van der Waals surface area contributed by atoms with Gasteiger partial charge in [-0.2, -0.15) is 0 Å². The van der Waals surface area contributed by atoms with Crippen molar-refractivity contribution in [1.82, 2.24) is 20.3 Å². The molecule has 0 bridgehead atoms. The standard InChI is InChI=1S/C23H26F3N5O3.ClH/c1-32-20-14-18-19(15-21(20)33-13-5-12-31-10-3-2-4-11-31)28-30-29-22(18)27-16-6-8-17(9-7-16)34-23(24,25)26;/h6-9,14-15H,2-5,10-13H2,1H3,(H,27,28,29);1H. The van der Waals surface area contributed by atoms with E-state index in [-0.39, 0.29) is 18.2 Å². The third-order valence-electron chi connectivity index (χ3n) is 5.51. The zero-order valence-corrected chi connectivity index (χ0v) is 20.0. The van der Waals surface area contributed by atoms with Crippen LogP contribution in [0.15, 0.2) is 36.4 Å². The van der Waals surface area contributed by atoms with Crippen molar-refractivity contribution in [3.05, 3.63) is 36.4 Å². The molecule has 1 aliphatic heterocycles. The van der Waals surface area contributed by atoms with Crippen molar-refractivity contribution >= 4 is 34.8 Å². The number of rotatable bonds is 9. The van der Waals surface area contributed by atoms with E-state index in [0.29, 0.717) is 40.5 Å². The number of likely N-dealkylation sites (tertiary alicyclic amines) is 1. The number of fused-ring (bicyclic) bond motifs is 1. The van der Waals surface area contributed by atoms with Crippen molar-refractivity contribution in [1.29, 1.82) is 0 Å². The van der Waals surface area contributed by atoms with Gasteiger partial charge in [0, 0.05) is 18.3 Å². The maximum Gasteiger partial charge on any atom is 0.573 e. The molecule has 12 heteroatoms. The van der Waals surface area contributed by atoms with Crippen LogP contribution in [-0.4, -0.2) is 60.0 Å². The van der Waals surface area contributed by atoms with E-state index >= 15 is 0 Å². The van der Waals surface area contributed by atoms with Gasteiger partial charge in [0.2, 0.25) is 0 Å². The van der Waals surface area contributed by atoms with E-state index in [0.717, 1.165) is 26.1 Å². The Morgan fingerprint density at radius 2 is 1.74 bits per heavy atom. The number of hydrogen-bond acceptors (Lipinski definition) is 8. The fourth-order valence-corrected chi connectivity index (χ4v) is 3.89. The van der Waals surface area contributed by atoms with E-state index in [1.54, 1.807) is 19.2 Å². The minimum Gasteiger partial charge on any atom is -0.493 e. The Morgan fingerprint density at radius 1 is 1.00 bits per heavy atom. The maximum absolute atomic E-state index is 12.4. The summed E-state index contributed by atoms with van der Waals surface area (Å²) in [4.78, 5) is 2.46. The SMILES string of the molecule is COc1cc2c(Nc3ccc(OC(F)(F)F)cc3)nnnc2cc1OCCCN1CCCCC1.Cl. The minimum atomic E-state index is -4.74. The van der Waals surface area contributed by atoms with Gasteiger partial charge >= 0.3 is 6.36 Å². The molecule has 190 valence electrons. The van der Waals surface area contributed by atoms with Gasteiger partial charge in [-0.3, -0.25) is 0 Å². The van der Waals surface area contributed by atoms with Crippen LogP contribution in [0.1, 0.15) is 25.7 Å². The molecule has 0 spiro atoms. The van der Waals surface area contributed by atoms with Crippen LogP contribution in [0.5, 0.6) is 17.2 Å². The summed E-state index contributed by atoms with van der Waals surface area (Å²) in [7, 11) is 1.55. The van der Waals surface area contributed by atoms with Gasteiger partial charge in [-0.25, -0.2) is 0 Å². The molecule has 0 atom stereocenters. The van der Waals surface area contributed by atoms with Gasteiger partial charge in [0.15, 0.2) is 17.3 Å². The second kappa shape index (κ2) is 12.1. The van der Waals surface area contributed by atoms with Gasteiger partial charge in [-0.15, -0.1) is 35.8 Å². The Labute approximate surface area is 207 Å². The van der Waals surface area contributed by atoms with Gasteiger partial charge in [0.05, 0.1) is 19.1 Å². The molecule has 1 aliphatic rings. The minimum absolute atomic E-state index is 0. The second-order valence-corrected chi connectivity index (χ2v) is 7.96. The van der Waals surface area contributed by atoms with E-state index in [2.05, 4.69) is 30.4 Å². The molecule has 2 heterocycles. The van der Waals surface area contributed by atoms with Crippen molar-refractivity contribution < 1.29 is 27.4 Å². The summed E-state index contributed by atoms with van der Waals surface area (Å²) in [5.74, 6) is 1.16. The number of benzene rings is 2. The summed E-state index contributed by atoms with van der Waals surface area (Å²) >= 11 is 0. The molecule has 4 rings (SSSR count). The summed E-state index contributed by atoms with van der Waals surface area (Å²) in [5.41, 5.74) is 1.05. The zero-order chi connectivity index (χ0) is 24.0. The number of anilines is 2. The quantitative estimate of drug-likeness (QED) is 0.383. The number of alkyl halides is 3. The molecule has 1 saturated heterocycles. The summed E-state index contributed by atoms with van der Waals surface area (Å²) in [6.07, 6.45) is -0.0106. The highest BCUT2D eigenvalue weighted by molar-refractivity contribution is 5.92. The first-order chi connectivity index (χ1) is 16.4. The summed E-state index contributed by atoms with van der Waals surface area (Å²) in [6, 6.07) is 8.82. The number of nitrogens with zero attached hydrogens (tertiary/aromatic N) is 4. The molecule has 0 unspecified atom stereocenters. The summed E-state index contributed by atoms with van der Waals surface area (Å²) in [5, 5.41) is 15.6. The molecular formula is C23H27ClF3N5O3. The van der Waals surface area contributed by atoms with Crippen molar-refractivity contribution in [3.8, 4) is 17.2 Å². The fourth-order valence-electron chi connectivity index (χ4n) is 3.89. The van der Waals surface area contributed by atoms with Crippen LogP contribution in [0.4, 0.5) is 24.7 Å². The number of halogens is 4. The predicted molar refractivity (Wildman–Crippen MR) is 128 cm³/mol. The van der Waals surface area contributed by atoms with Crippen LogP contribution < -0.4 is 19.5 Å². The monoisotopic (exact) mass is 513 g/mol. The van der Waals surface area contributed by atoms with Crippen molar-refractivity contribution in [2.75, 3.05) is 38.7 Å². The Balaban J connectivity index is 0.00000342. The first-order valence-corrected chi connectivity index (χ1v) is 11.1. The van der Waals surface area contributed by atoms with E-state index in [1.807, 2.05) is 0 Å². The lowest BCUT2D eigenvalue weighted by Gasteiger charge is -2.26. The first kappa shape index (κ1) is 26.6. The molecule has 0 amide bonds. The molecule has 2 aromatic carbocycles. The highest BCUT2D eigenvalue weighted by Crippen LogP contribution is 2.35. The van der Waals surface area contributed by atoms with Gasteiger partial charge in [-0.1, -0.05) is 6.42 Å². The Morgan fingerprint density at radius 3 is 2.43 bits per heavy atom. The maximum atomic E-state index is 12.4. The molecule has 1 fully saturated rings. The van der Waals surface area contributed by atoms with Crippen LogP contribution >= 0.6 is 12.4 Å². The molecule has 0 aliphatic carbocycles. The van der Waals surface area contributed by atoms with Crippen LogP contribution in [0.3, 0.4) is 0 Å². The normalized spacial score (nSPS) is 14.3. The van der Waals surface area contributed by atoms with Crippen LogP contribution in [0, 0.1) is 0 Å². The fraction of sp³-hybridized carbons (Fsp3) is 0.435. The average molecular weight is 514 g/mol. The molecule has 3 aromatic rings. The molecule has 35 heavy (non-hydrogen) atoms. The molecule has 0 radical (unpaired) electrons. The van der Waals surface area contributed by atoms with Crippen LogP contribution in [-0.2, 0) is 0 Å². The summed E-state index contributed by atoms with van der Waals surface area (Å²) < 4.78 is 52.5. The lowest BCUT2D eigenvalue weighted by molar-refractivity contribution is -0.274. The van der Waals surface area contributed by atoms with Gasteiger partial charge in [0.1, 0.15) is 11.3 Å². The third-order valence-corrected chi connectivity index (χ3v) is 5.51. The Bertz CT molecular complexity index is 1100. The molecule has 8 nitrogen and oxygen atoms in total. The van der Waals surface area contributed by atoms with E-state index in [4.69, 9.17) is 9.47 Å². The Kier molecular flexibility index (Phi) is 9.16. The summed E-state index contributed by atoms with van der Waals surface area (Å²) in [6.45, 7) is 3.85. The number of hydrogen-bond donors (Lipinski definition) is 1. The molecule has 1 N–H and O–H groups in total. The van der Waals surface area contributed by atoms with E-state index in [9.17, 15) is 13.2 Å². The number of nitrogens with one attached hydrogen (secondary N) is 1. The lowest BCUT2D eigenvalue weighted by Crippen LogP contribution is -2.31. The molecular weight excluding hydrogens is 487 g/mol. The Hall–Kier alpha value is -3.05. The van der Waals surface area contributed by atoms with Crippen molar-refractivity contribution in [2.45, 2.75) is 32.0 Å². The second-order valence-electron chi connectivity index (χ2n) is 7.96. The average Bonchev–Trinajstić information content (AvgIpc) is 2.82. The largest absolute Gasteiger partial charge is 0.573 e. The van der Waals surface area contributed by atoms with Gasteiger partial charge in [0.25, 0.3) is 0 Å².